The van der Waals surface area contributed by atoms with E-state index in [2.05, 4.69) is 20.8 Å². The summed E-state index contributed by atoms with van der Waals surface area (Å²) in [5, 5.41) is 8.77. The van der Waals surface area contributed by atoms with E-state index in [0.29, 0.717) is 42.3 Å². The van der Waals surface area contributed by atoms with Crippen molar-refractivity contribution in [1.29, 1.82) is 0 Å². The van der Waals surface area contributed by atoms with E-state index < -0.39 is 5.97 Å². The Morgan fingerprint density at radius 3 is 2.21 bits per heavy atom. The number of ketones is 1. The molecule has 0 radical (unpaired) electrons. The van der Waals surface area contributed by atoms with E-state index in [-0.39, 0.29) is 22.4 Å². The van der Waals surface area contributed by atoms with Crippen molar-refractivity contribution in [2.24, 2.45) is 34.5 Å². The van der Waals surface area contributed by atoms with Gasteiger partial charge in [-0.15, -0.1) is 0 Å². The average molecular weight is 529 g/mol. The molecule has 0 spiro atoms. The van der Waals surface area contributed by atoms with Crippen LogP contribution < -0.4 is 0 Å². The van der Waals surface area contributed by atoms with Gasteiger partial charge in [-0.3, -0.25) is 14.4 Å². The van der Waals surface area contributed by atoms with Gasteiger partial charge in [-0.25, -0.2) is 0 Å². The first kappa shape index (κ1) is 29.3. The molecule has 0 aromatic carbocycles. The number of ether oxygens (including phenoxy) is 1. The van der Waals surface area contributed by atoms with Gasteiger partial charge in [-0.05, 0) is 93.5 Å². The van der Waals surface area contributed by atoms with E-state index in [0.717, 1.165) is 51.4 Å². The molecule has 0 amide bonds. The lowest BCUT2D eigenvalue weighted by Gasteiger charge is -2.61. The topological polar surface area (TPSA) is 80.7 Å². The van der Waals surface area contributed by atoms with Crippen molar-refractivity contribution in [3.63, 3.8) is 0 Å². The highest BCUT2D eigenvalue weighted by atomic mass is 16.6. The van der Waals surface area contributed by atoms with Gasteiger partial charge in [0.2, 0.25) is 0 Å². The van der Waals surface area contributed by atoms with Crippen LogP contribution in [0, 0.1) is 34.5 Å². The quantitative estimate of drug-likeness (QED) is 0.205. The lowest BCUT2D eigenvalue weighted by atomic mass is 9.44. The number of esters is 1. The van der Waals surface area contributed by atoms with Gasteiger partial charge in [0.05, 0.1) is 0 Å². The molecule has 0 aliphatic heterocycles. The molecule has 0 aromatic rings. The second-order valence-corrected chi connectivity index (χ2v) is 13.9. The molecule has 3 saturated carbocycles. The zero-order valence-electron chi connectivity index (χ0n) is 24.5. The Morgan fingerprint density at radius 2 is 1.55 bits per heavy atom. The van der Waals surface area contributed by atoms with Crippen molar-refractivity contribution in [3.05, 3.63) is 11.6 Å². The first-order valence-electron chi connectivity index (χ1n) is 15.7. The lowest BCUT2D eigenvalue weighted by molar-refractivity contribution is -0.180. The number of aliphatic carboxylic acids is 1. The van der Waals surface area contributed by atoms with E-state index in [1.165, 1.54) is 50.5 Å². The largest absolute Gasteiger partial charge is 0.481 e. The van der Waals surface area contributed by atoms with Crippen LogP contribution in [-0.2, 0) is 19.1 Å². The summed E-state index contributed by atoms with van der Waals surface area (Å²) in [5.74, 6) is 1.96. The number of fused-ring (bicyclic) bond motifs is 5. The molecular weight excluding hydrogens is 476 g/mol. The van der Waals surface area contributed by atoms with Gasteiger partial charge in [0.1, 0.15) is 5.60 Å². The number of rotatable bonds is 12. The van der Waals surface area contributed by atoms with Crippen LogP contribution in [0.3, 0.4) is 0 Å². The van der Waals surface area contributed by atoms with E-state index in [4.69, 9.17) is 9.84 Å². The summed E-state index contributed by atoms with van der Waals surface area (Å²) in [6, 6.07) is 0. The van der Waals surface area contributed by atoms with Gasteiger partial charge >= 0.3 is 11.9 Å². The number of carbonyl (C=O) groups is 3. The molecular formula is C33H52O5. The predicted octanol–water partition coefficient (Wildman–Crippen LogP) is 8.05. The highest BCUT2D eigenvalue weighted by Gasteiger charge is 2.65. The molecule has 0 heterocycles. The molecule has 7 atom stereocenters. The molecule has 0 aromatic heterocycles. The molecule has 1 N–H and O–H groups in total. The zero-order valence-corrected chi connectivity index (χ0v) is 24.5. The fraction of sp³-hybridized carbons (Fsp3) is 0.848. The number of hydrogen-bond acceptors (Lipinski definition) is 4. The maximum absolute atomic E-state index is 12.5. The summed E-state index contributed by atoms with van der Waals surface area (Å²) < 4.78 is 6.08. The lowest BCUT2D eigenvalue weighted by Crippen LogP contribution is -2.57. The Kier molecular flexibility index (Phi) is 9.14. The van der Waals surface area contributed by atoms with Crippen molar-refractivity contribution in [2.45, 2.75) is 142 Å². The standard InChI is InChI=1S/C33H52O5/c1-23(34)38-33(4)20-17-28-30-24(13-11-9-7-5-6-8-10-12-14-29(36)37)21-25-22-26(35)15-18-31(25,2)27(30)16-19-32(28,33)3/h22,24,27-28,30H,5-21H2,1-4H3,(H,36,37)/t24-,27+,28+,30-,31+,32+,33+/m1/s1. The monoisotopic (exact) mass is 528 g/mol. The third kappa shape index (κ3) is 5.77. The van der Waals surface area contributed by atoms with E-state index in [1.807, 2.05) is 6.08 Å². The molecule has 5 heteroatoms. The summed E-state index contributed by atoms with van der Waals surface area (Å²) >= 11 is 0. The van der Waals surface area contributed by atoms with Crippen LogP contribution in [0.1, 0.15) is 137 Å². The first-order chi connectivity index (χ1) is 18.0. The Hall–Kier alpha value is -1.65. The number of hydrogen-bond donors (Lipinski definition) is 1. The normalized spacial score (nSPS) is 38.1. The summed E-state index contributed by atoms with van der Waals surface area (Å²) in [6.45, 7) is 8.62. The molecule has 4 aliphatic carbocycles. The predicted molar refractivity (Wildman–Crippen MR) is 150 cm³/mol. The second-order valence-electron chi connectivity index (χ2n) is 13.9. The number of allylic oxidation sites excluding steroid dienone is 1. The number of carbonyl (C=O) groups excluding carboxylic acids is 2. The molecule has 214 valence electrons. The second kappa shape index (κ2) is 11.8. The minimum Gasteiger partial charge on any atom is -0.481 e. The minimum absolute atomic E-state index is 0.0286. The van der Waals surface area contributed by atoms with Crippen LogP contribution in [0.15, 0.2) is 11.6 Å². The Morgan fingerprint density at radius 1 is 0.921 bits per heavy atom. The van der Waals surface area contributed by atoms with Gasteiger partial charge in [-0.2, -0.15) is 0 Å². The SMILES string of the molecule is CC(=O)O[C@@]1(C)CC[C@H]2[C@@H]3[C@H](CCCCCCCCCCC(=O)O)CC4=CC(=O)CC[C@]4(C)[C@H]3CC[C@@]21C. The van der Waals surface area contributed by atoms with Gasteiger partial charge in [0, 0.05) is 25.2 Å². The van der Waals surface area contributed by atoms with Crippen LogP contribution in [0.5, 0.6) is 0 Å². The summed E-state index contributed by atoms with van der Waals surface area (Å²) in [6.07, 6.45) is 19.9. The molecule has 5 nitrogen and oxygen atoms in total. The number of carboxylic acid groups (broad SMARTS) is 1. The van der Waals surface area contributed by atoms with Gasteiger partial charge in [0.25, 0.3) is 0 Å². The van der Waals surface area contributed by atoms with Gasteiger partial charge in [-0.1, -0.05) is 64.4 Å². The summed E-state index contributed by atoms with van der Waals surface area (Å²) in [5.41, 5.74) is 1.24. The Labute approximate surface area is 230 Å². The van der Waals surface area contributed by atoms with Crippen LogP contribution in [0.25, 0.3) is 0 Å². The maximum Gasteiger partial charge on any atom is 0.303 e. The average Bonchev–Trinajstić information content (AvgIpc) is 3.10. The van der Waals surface area contributed by atoms with Crippen LogP contribution in [0.4, 0.5) is 0 Å². The smallest absolute Gasteiger partial charge is 0.303 e. The molecule has 0 bridgehead atoms. The van der Waals surface area contributed by atoms with Crippen molar-refractivity contribution in [3.8, 4) is 0 Å². The summed E-state index contributed by atoms with van der Waals surface area (Å²) in [4.78, 5) is 35.2. The maximum atomic E-state index is 12.5. The summed E-state index contributed by atoms with van der Waals surface area (Å²) in [7, 11) is 0. The molecule has 38 heavy (non-hydrogen) atoms. The number of carboxylic acids is 1. The van der Waals surface area contributed by atoms with Crippen molar-refractivity contribution in [1.82, 2.24) is 0 Å². The molecule has 0 unspecified atom stereocenters. The van der Waals surface area contributed by atoms with Crippen LogP contribution in [-0.4, -0.2) is 28.4 Å². The highest BCUT2D eigenvalue weighted by Crippen LogP contribution is 2.69. The van der Waals surface area contributed by atoms with Gasteiger partial charge in [0.15, 0.2) is 5.78 Å². The third-order valence-corrected chi connectivity index (χ3v) is 11.8. The first-order valence-corrected chi connectivity index (χ1v) is 15.7. The fourth-order valence-corrected chi connectivity index (χ4v) is 9.45. The van der Waals surface area contributed by atoms with Crippen molar-refractivity contribution < 1.29 is 24.2 Å². The molecule has 0 saturated heterocycles. The van der Waals surface area contributed by atoms with Crippen molar-refractivity contribution in [2.75, 3.05) is 0 Å². The highest BCUT2D eigenvalue weighted by molar-refractivity contribution is 5.91. The Bertz CT molecular complexity index is 922. The van der Waals surface area contributed by atoms with E-state index >= 15 is 0 Å². The number of unbranched alkanes of at least 4 members (excludes halogenated alkanes) is 7. The van der Waals surface area contributed by atoms with Gasteiger partial charge < -0.3 is 9.84 Å². The van der Waals surface area contributed by atoms with E-state index in [1.54, 1.807) is 6.92 Å². The molecule has 4 rings (SSSR count). The third-order valence-electron chi connectivity index (χ3n) is 11.8. The van der Waals surface area contributed by atoms with Crippen LogP contribution >= 0.6 is 0 Å². The molecule has 3 fully saturated rings. The molecule has 4 aliphatic rings. The van der Waals surface area contributed by atoms with E-state index in [9.17, 15) is 14.4 Å². The fourth-order valence-electron chi connectivity index (χ4n) is 9.45. The van der Waals surface area contributed by atoms with Crippen LogP contribution in [0.2, 0.25) is 0 Å². The Balaban J connectivity index is 1.41. The zero-order chi connectivity index (χ0) is 27.6. The van der Waals surface area contributed by atoms with Crippen molar-refractivity contribution >= 4 is 17.7 Å². The minimum atomic E-state index is -0.685.